The van der Waals surface area contributed by atoms with Gasteiger partial charge < -0.3 is 14.2 Å². The van der Waals surface area contributed by atoms with Gasteiger partial charge in [0.25, 0.3) is 0 Å². The number of hydrogen-bond acceptors (Lipinski definition) is 6. The van der Waals surface area contributed by atoms with Gasteiger partial charge in [0.15, 0.2) is 6.10 Å². The van der Waals surface area contributed by atoms with Crippen LogP contribution in [0.1, 0.15) is 323 Å². The van der Waals surface area contributed by atoms with Crippen molar-refractivity contribution < 1.29 is 28.6 Å². The lowest BCUT2D eigenvalue weighted by atomic mass is 10.0. The van der Waals surface area contributed by atoms with Gasteiger partial charge in [0, 0.05) is 12.8 Å². The summed E-state index contributed by atoms with van der Waals surface area (Å²) >= 11 is 0. The van der Waals surface area contributed by atoms with Gasteiger partial charge in [-0.05, 0) is 109 Å². The molecule has 0 heterocycles. The number of ether oxygens (including phenoxy) is 3. The van der Waals surface area contributed by atoms with Crippen LogP contribution in [0, 0.1) is 0 Å². The van der Waals surface area contributed by atoms with Gasteiger partial charge in [-0.3, -0.25) is 14.4 Å². The Morgan fingerprint density at radius 1 is 0.268 bits per heavy atom. The topological polar surface area (TPSA) is 78.9 Å². The van der Waals surface area contributed by atoms with E-state index < -0.39 is 12.1 Å². The Labute approximate surface area is 507 Å². The monoisotopic (exact) mass is 1140 g/mol. The smallest absolute Gasteiger partial charge is 0.309 e. The third-order valence-corrected chi connectivity index (χ3v) is 14.7. The minimum absolute atomic E-state index is 0.109. The van der Waals surface area contributed by atoms with Gasteiger partial charge in [-0.15, -0.1) is 0 Å². The van der Waals surface area contributed by atoms with Crippen molar-refractivity contribution in [2.75, 3.05) is 13.2 Å². The predicted octanol–water partition coefficient (Wildman–Crippen LogP) is 23.9. The van der Waals surface area contributed by atoms with Crippen LogP contribution in [0.5, 0.6) is 0 Å². The Morgan fingerprint density at radius 2 is 0.524 bits per heavy atom. The van der Waals surface area contributed by atoms with E-state index in [0.29, 0.717) is 12.8 Å². The molecular formula is C76H128O6. The van der Waals surface area contributed by atoms with E-state index in [2.05, 4.69) is 130 Å². The van der Waals surface area contributed by atoms with Gasteiger partial charge in [-0.1, -0.05) is 316 Å². The molecule has 0 bridgehead atoms. The lowest BCUT2D eigenvalue weighted by molar-refractivity contribution is -0.166. The second-order valence-electron chi connectivity index (χ2n) is 22.7. The number of allylic oxidation sites excluding steroid dienone is 19. The summed E-state index contributed by atoms with van der Waals surface area (Å²) in [6.45, 7) is 6.35. The Kier molecular flexibility index (Phi) is 65.8. The number of hydrogen-bond donors (Lipinski definition) is 0. The van der Waals surface area contributed by atoms with E-state index in [9.17, 15) is 14.4 Å². The van der Waals surface area contributed by atoms with E-state index in [1.807, 2.05) is 6.08 Å². The van der Waals surface area contributed by atoms with Crippen molar-refractivity contribution >= 4 is 17.9 Å². The first-order valence-corrected chi connectivity index (χ1v) is 34.5. The molecule has 6 heteroatoms. The molecule has 0 amide bonds. The number of esters is 3. The fourth-order valence-electron chi connectivity index (χ4n) is 9.62. The van der Waals surface area contributed by atoms with Crippen molar-refractivity contribution in [2.45, 2.75) is 329 Å². The van der Waals surface area contributed by atoms with Crippen LogP contribution in [0.25, 0.3) is 0 Å². The molecule has 1 unspecified atom stereocenters. The number of carbonyl (C=O) groups is 3. The third-order valence-electron chi connectivity index (χ3n) is 14.7. The fraction of sp³-hybridized carbons (Fsp3) is 0.697. The average molecular weight is 1140 g/mol. The summed E-state index contributed by atoms with van der Waals surface area (Å²) in [4.78, 5) is 38.3. The minimum Gasteiger partial charge on any atom is -0.462 e. The maximum absolute atomic E-state index is 12.9. The summed E-state index contributed by atoms with van der Waals surface area (Å²) < 4.78 is 16.8. The van der Waals surface area contributed by atoms with Gasteiger partial charge >= 0.3 is 17.9 Å². The van der Waals surface area contributed by atoms with Crippen molar-refractivity contribution in [2.24, 2.45) is 0 Å². The van der Waals surface area contributed by atoms with Crippen molar-refractivity contribution in [3.63, 3.8) is 0 Å². The van der Waals surface area contributed by atoms with Gasteiger partial charge in [-0.25, -0.2) is 0 Å². The van der Waals surface area contributed by atoms with E-state index in [1.165, 1.54) is 186 Å². The van der Waals surface area contributed by atoms with Gasteiger partial charge in [0.1, 0.15) is 13.2 Å². The second-order valence-corrected chi connectivity index (χ2v) is 22.7. The van der Waals surface area contributed by atoms with Crippen LogP contribution < -0.4 is 0 Å². The van der Waals surface area contributed by atoms with Gasteiger partial charge in [0.05, 0.1) is 6.42 Å². The molecule has 0 aliphatic carbocycles. The third kappa shape index (κ3) is 66.6. The zero-order chi connectivity index (χ0) is 59.2. The van der Waals surface area contributed by atoms with Crippen molar-refractivity contribution in [3.8, 4) is 0 Å². The molecule has 0 aromatic rings. The van der Waals surface area contributed by atoms with Crippen molar-refractivity contribution in [3.05, 3.63) is 122 Å². The minimum atomic E-state index is -0.823. The highest BCUT2D eigenvalue weighted by Crippen LogP contribution is 2.17. The lowest BCUT2D eigenvalue weighted by Gasteiger charge is -2.18. The van der Waals surface area contributed by atoms with Crippen molar-refractivity contribution in [1.29, 1.82) is 0 Å². The van der Waals surface area contributed by atoms with E-state index >= 15 is 0 Å². The first-order chi connectivity index (χ1) is 40.5. The van der Waals surface area contributed by atoms with E-state index in [4.69, 9.17) is 14.2 Å². The molecule has 0 saturated carbocycles. The molecule has 0 aromatic heterocycles. The molecule has 0 aliphatic rings. The highest BCUT2D eigenvalue weighted by atomic mass is 16.6. The summed E-state index contributed by atoms with van der Waals surface area (Å²) in [5.41, 5.74) is 0. The van der Waals surface area contributed by atoms with Crippen LogP contribution in [-0.4, -0.2) is 37.2 Å². The number of rotatable bonds is 62. The predicted molar refractivity (Wildman–Crippen MR) is 357 cm³/mol. The number of carbonyl (C=O) groups excluding carboxylic acids is 3. The van der Waals surface area contributed by atoms with E-state index in [0.717, 1.165) is 96.3 Å². The quantitative estimate of drug-likeness (QED) is 0.0261. The highest BCUT2D eigenvalue weighted by molar-refractivity contribution is 5.72. The normalized spacial score (nSPS) is 12.9. The Morgan fingerprint density at radius 3 is 0.866 bits per heavy atom. The van der Waals surface area contributed by atoms with Crippen LogP contribution in [0.4, 0.5) is 0 Å². The molecule has 6 nitrogen and oxygen atoms in total. The second kappa shape index (κ2) is 69.3. The SMILES string of the molecule is CC/C=C\C/C=C\C/C=C\C/C=C\C/C=C\CC(=O)OCC(COC(=O)CCCCCCCCCCCCCCCCCCCC/C=C\C/C=C\C/C=C\C/C=C\CC)OC(=O)CCCCCCCCC/C=C\CCCCCCCCC. The molecule has 0 fully saturated rings. The van der Waals surface area contributed by atoms with Crippen LogP contribution in [0.15, 0.2) is 122 Å². The summed E-state index contributed by atoms with van der Waals surface area (Å²) in [5.74, 6) is -1.04. The fourth-order valence-corrected chi connectivity index (χ4v) is 9.62. The van der Waals surface area contributed by atoms with Gasteiger partial charge in [0.2, 0.25) is 0 Å². The number of unbranched alkanes of at least 4 members (excludes halogenated alkanes) is 32. The van der Waals surface area contributed by atoms with Crippen LogP contribution in [-0.2, 0) is 28.6 Å². The molecule has 0 N–H and O–H groups in total. The average Bonchev–Trinajstić information content (AvgIpc) is 3.47. The zero-order valence-corrected chi connectivity index (χ0v) is 53.7. The van der Waals surface area contributed by atoms with Gasteiger partial charge in [-0.2, -0.15) is 0 Å². The Bertz CT molecular complexity index is 1690. The largest absolute Gasteiger partial charge is 0.462 e. The molecule has 0 radical (unpaired) electrons. The zero-order valence-electron chi connectivity index (χ0n) is 53.7. The lowest BCUT2D eigenvalue weighted by Crippen LogP contribution is -2.30. The van der Waals surface area contributed by atoms with E-state index in [-0.39, 0.29) is 31.6 Å². The molecule has 0 spiro atoms. The Hall–Kier alpha value is -4.19. The molecule has 0 saturated heterocycles. The molecule has 1 atom stereocenters. The van der Waals surface area contributed by atoms with Crippen LogP contribution in [0.2, 0.25) is 0 Å². The molecule has 0 aliphatic heterocycles. The van der Waals surface area contributed by atoms with Crippen LogP contribution in [0.3, 0.4) is 0 Å². The maximum atomic E-state index is 12.9. The Balaban J connectivity index is 4.29. The van der Waals surface area contributed by atoms with Crippen LogP contribution >= 0.6 is 0 Å². The molecule has 82 heavy (non-hydrogen) atoms. The van der Waals surface area contributed by atoms with E-state index in [1.54, 1.807) is 6.08 Å². The summed E-state index contributed by atoms with van der Waals surface area (Å²) in [7, 11) is 0. The highest BCUT2D eigenvalue weighted by Gasteiger charge is 2.19. The summed E-state index contributed by atoms with van der Waals surface area (Å²) in [6, 6.07) is 0. The standard InChI is InChI=1S/C76H128O6/c1-4-7-10-13-16-19-22-25-28-30-32-33-34-35-36-37-38-39-40-41-42-43-44-46-48-51-54-57-60-63-66-69-75(78)81-72-73(71-80-74(77)68-65-62-59-56-53-50-47-27-24-21-18-15-12-9-6-3)82-76(79)70-67-64-61-58-55-52-49-45-31-29-26-23-20-17-14-11-8-5-2/h7,9-10,12,16,18-19,21,25,27-29,31-33,47,53,56,62,65,73H,4-6,8,11,13-15,17,20,22-24,26,30,34-46,48-52,54-55,57-61,63-64,66-72H2,1-3H3/b10-7-,12-9-,19-16-,21-18-,28-25-,31-29-,33-32-,47-27-,56-53-,65-62-. The van der Waals surface area contributed by atoms with Crippen molar-refractivity contribution in [1.82, 2.24) is 0 Å². The molecule has 468 valence electrons. The molecule has 0 rings (SSSR count). The summed E-state index contributed by atoms with van der Waals surface area (Å²) in [5, 5.41) is 0. The molecule has 0 aromatic carbocycles. The summed E-state index contributed by atoms with van der Waals surface area (Å²) in [6.07, 6.45) is 96.9. The molecular weight excluding hydrogens is 1010 g/mol. The maximum Gasteiger partial charge on any atom is 0.309 e. The first kappa shape index (κ1) is 77.8. The first-order valence-electron chi connectivity index (χ1n) is 34.5.